The Kier molecular flexibility index (Phi) is 4.06. The number of halogens is 1. The molecule has 0 saturated carbocycles. The average Bonchev–Trinajstić information content (AvgIpc) is 2.46. The zero-order chi connectivity index (χ0) is 15.7. The van der Waals surface area contributed by atoms with Gasteiger partial charge in [-0.1, -0.05) is 11.6 Å². The molecule has 22 heavy (non-hydrogen) atoms. The first-order valence-electron chi connectivity index (χ1n) is 7.01. The van der Waals surface area contributed by atoms with E-state index in [1.165, 1.54) is 0 Å². The van der Waals surface area contributed by atoms with Crippen molar-refractivity contribution in [2.24, 2.45) is 0 Å². The molecular weight excluding hydrogens is 324 g/mol. The van der Waals surface area contributed by atoms with Crippen LogP contribution in [-0.4, -0.2) is 36.9 Å². The summed E-state index contributed by atoms with van der Waals surface area (Å²) in [5, 5.41) is 4.03. The molecule has 1 aliphatic heterocycles. The third kappa shape index (κ3) is 3.08. The van der Waals surface area contributed by atoms with Crippen LogP contribution in [0.3, 0.4) is 0 Å². The number of hydrogen-bond acceptors (Lipinski definition) is 4. The minimum absolute atomic E-state index is 0.00229. The topological polar surface area (TPSA) is 76.1 Å². The Morgan fingerprint density at radius 3 is 2.91 bits per heavy atom. The van der Waals surface area contributed by atoms with Crippen molar-refractivity contribution in [1.29, 1.82) is 0 Å². The van der Waals surface area contributed by atoms with E-state index >= 15 is 0 Å². The van der Waals surface area contributed by atoms with Gasteiger partial charge in [0, 0.05) is 17.6 Å². The molecular formula is C15H15ClN2O3S. The maximum Gasteiger partial charge on any atom is 0.253 e. The highest BCUT2D eigenvalue weighted by molar-refractivity contribution is 7.91. The Morgan fingerprint density at radius 2 is 2.14 bits per heavy atom. The molecule has 0 bridgehead atoms. The maximum atomic E-state index is 12.5. The fourth-order valence-corrected chi connectivity index (χ4v) is 4.57. The normalized spacial score (nSPS) is 20.7. The second-order valence-electron chi connectivity index (χ2n) is 5.42. The van der Waals surface area contributed by atoms with Crippen LogP contribution < -0.4 is 5.32 Å². The zero-order valence-electron chi connectivity index (χ0n) is 11.8. The summed E-state index contributed by atoms with van der Waals surface area (Å²) < 4.78 is 23.3. The number of hydrogen-bond donors (Lipinski definition) is 1. The van der Waals surface area contributed by atoms with Gasteiger partial charge in [0.05, 0.1) is 27.6 Å². The summed E-state index contributed by atoms with van der Waals surface area (Å²) in [5.41, 5.74) is 0.925. The van der Waals surface area contributed by atoms with Gasteiger partial charge >= 0.3 is 0 Å². The molecule has 0 spiro atoms. The lowest BCUT2D eigenvalue weighted by Gasteiger charge is -2.23. The van der Waals surface area contributed by atoms with Gasteiger partial charge in [-0.2, -0.15) is 0 Å². The number of carbonyl (C=O) groups excluding carboxylic acids is 1. The van der Waals surface area contributed by atoms with Crippen molar-refractivity contribution >= 4 is 38.2 Å². The van der Waals surface area contributed by atoms with Crippen LogP contribution in [0.5, 0.6) is 0 Å². The number of sulfone groups is 1. The SMILES string of the molecule is O=C(N[C@@H]1CCCS(=O)(=O)C1)c1ccc(Cl)c2cccnc12. The van der Waals surface area contributed by atoms with Crippen LogP contribution in [0.15, 0.2) is 30.5 Å². The van der Waals surface area contributed by atoms with Crippen molar-refractivity contribution in [3.8, 4) is 0 Å². The molecule has 1 fully saturated rings. The highest BCUT2D eigenvalue weighted by Crippen LogP contribution is 2.25. The average molecular weight is 339 g/mol. The van der Waals surface area contributed by atoms with Crippen molar-refractivity contribution in [2.45, 2.75) is 18.9 Å². The Bertz CT molecular complexity index is 836. The van der Waals surface area contributed by atoms with Crippen LogP contribution in [0.25, 0.3) is 10.9 Å². The predicted molar refractivity (Wildman–Crippen MR) is 85.9 cm³/mol. The number of rotatable bonds is 2. The van der Waals surface area contributed by atoms with Crippen LogP contribution >= 0.6 is 11.6 Å². The summed E-state index contributed by atoms with van der Waals surface area (Å²) in [6.07, 6.45) is 2.84. The number of nitrogens with one attached hydrogen (secondary N) is 1. The van der Waals surface area contributed by atoms with Crippen LogP contribution in [0.4, 0.5) is 0 Å². The van der Waals surface area contributed by atoms with E-state index in [9.17, 15) is 13.2 Å². The van der Waals surface area contributed by atoms with Gasteiger partial charge < -0.3 is 5.32 Å². The van der Waals surface area contributed by atoms with Crippen molar-refractivity contribution in [2.75, 3.05) is 11.5 Å². The molecule has 1 atom stereocenters. The summed E-state index contributed by atoms with van der Waals surface area (Å²) in [6, 6.07) is 6.47. The Hall–Kier alpha value is -1.66. The van der Waals surface area contributed by atoms with Crippen molar-refractivity contribution in [1.82, 2.24) is 10.3 Å². The number of pyridine rings is 1. The molecule has 7 heteroatoms. The molecule has 0 radical (unpaired) electrons. The number of nitrogens with zero attached hydrogens (tertiary/aromatic N) is 1. The monoisotopic (exact) mass is 338 g/mol. The first kappa shape index (κ1) is 15.2. The highest BCUT2D eigenvalue weighted by Gasteiger charge is 2.26. The van der Waals surface area contributed by atoms with Gasteiger partial charge in [0.1, 0.15) is 0 Å². The maximum absolute atomic E-state index is 12.5. The summed E-state index contributed by atoms with van der Waals surface area (Å²) >= 11 is 6.11. The van der Waals surface area contributed by atoms with E-state index < -0.39 is 9.84 Å². The van der Waals surface area contributed by atoms with E-state index in [0.29, 0.717) is 34.3 Å². The van der Waals surface area contributed by atoms with E-state index in [-0.39, 0.29) is 23.5 Å². The minimum atomic E-state index is -3.06. The molecule has 1 saturated heterocycles. The fraction of sp³-hybridized carbons (Fsp3) is 0.333. The van der Waals surface area contributed by atoms with Gasteiger partial charge in [0.15, 0.2) is 9.84 Å². The van der Waals surface area contributed by atoms with Crippen molar-refractivity contribution < 1.29 is 13.2 Å². The highest BCUT2D eigenvalue weighted by atomic mass is 35.5. The number of carbonyl (C=O) groups is 1. The molecule has 1 amide bonds. The number of benzene rings is 1. The molecule has 1 aromatic heterocycles. The lowest BCUT2D eigenvalue weighted by molar-refractivity contribution is 0.0940. The fourth-order valence-electron chi connectivity index (χ4n) is 2.72. The van der Waals surface area contributed by atoms with Gasteiger partial charge in [-0.15, -0.1) is 0 Å². The van der Waals surface area contributed by atoms with Crippen LogP contribution in [0.1, 0.15) is 23.2 Å². The van der Waals surface area contributed by atoms with Crippen molar-refractivity contribution in [3.05, 3.63) is 41.0 Å². The summed E-state index contributed by atoms with van der Waals surface area (Å²) in [5.74, 6) is -0.120. The predicted octanol–water partition coefficient (Wildman–Crippen LogP) is 2.20. The van der Waals surface area contributed by atoms with E-state index in [1.54, 1.807) is 30.5 Å². The quantitative estimate of drug-likeness (QED) is 0.910. The molecule has 5 nitrogen and oxygen atoms in total. The van der Waals surface area contributed by atoms with E-state index in [2.05, 4.69) is 10.3 Å². The third-order valence-corrected chi connectivity index (χ3v) is 5.91. The largest absolute Gasteiger partial charge is 0.348 e. The molecule has 1 N–H and O–H groups in total. The third-order valence-electron chi connectivity index (χ3n) is 3.76. The molecule has 1 aromatic carbocycles. The van der Waals surface area contributed by atoms with Gasteiger partial charge in [0.25, 0.3) is 5.91 Å². The zero-order valence-corrected chi connectivity index (χ0v) is 13.3. The first-order valence-corrected chi connectivity index (χ1v) is 9.21. The van der Waals surface area contributed by atoms with Gasteiger partial charge in [-0.3, -0.25) is 9.78 Å². The summed E-state index contributed by atoms with van der Waals surface area (Å²) in [6.45, 7) is 0. The second-order valence-corrected chi connectivity index (χ2v) is 8.06. The van der Waals surface area contributed by atoms with Crippen molar-refractivity contribution in [3.63, 3.8) is 0 Å². The minimum Gasteiger partial charge on any atom is -0.348 e. The molecule has 116 valence electrons. The second kappa shape index (κ2) is 5.85. The van der Waals surface area contributed by atoms with Crippen LogP contribution in [0.2, 0.25) is 5.02 Å². The van der Waals surface area contributed by atoms with Gasteiger partial charge in [-0.25, -0.2) is 8.42 Å². The lowest BCUT2D eigenvalue weighted by Crippen LogP contribution is -2.43. The smallest absolute Gasteiger partial charge is 0.253 e. The summed E-state index contributed by atoms with van der Waals surface area (Å²) in [4.78, 5) is 16.7. The molecule has 1 aliphatic rings. The number of fused-ring (bicyclic) bond motifs is 1. The molecule has 0 aliphatic carbocycles. The number of aromatic nitrogens is 1. The summed E-state index contributed by atoms with van der Waals surface area (Å²) in [7, 11) is -3.06. The van der Waals surface area contributed by atoms with E-state index in [0.717, 1.165) is 0 Å². The Labute approximate surface area is 133 Å². The molecule has 3 rings (SSSR count). The van der Waals surface area contributed by atoms with E-state index in [1.807, 2.05) is 0 Å². The molecule has 2 aromatic rings. The van der Waals surface area contributed by atoms with Crippen LogP contribution in [-0.2, 0) is 9.84 Å². The van der Waals surface area contributed by atoms with Gasteiger partial charge in [-0.05, 0) is 37.1 Å². The van der Waals surface area contributed by atoms with Crippen LogP contribution in [0, 0.1) is 0 Å². The lowest BCUT2D eigenvalue weighted by atomic mass is 10.1. The number of amides is 1. The Balaban J connectivity index is 1.88. The Morgan fingerprint density at radius 1 is 1.32 bits per heavy atom. The molecule has 0 unspecified atom stereocenters. The molecule has 2 heterocycles. The van der Waals surface area contributed by atoms with Gasteiger partial charge in [0.2, 0.25) is 0 Å². The standard InChI is InChI=1S/C15H15ClN2O3S/c16-13-6-5-12(14-11(13)4-1-7-17-14)15(19)18-10-3-2-8-22(20,21)9-10/h1,4-7,10H,2-3,8-9H2,(H,18,19)/t10-/m1/s1. The van der Waals surface area contributed by atoms with E-state index in [4.69, 9.17) is 11.6 Å². The first-order chi connectivity index (χ1) is 10.5.